The molecule has 1 aliphatic heterocycles. The van der Waals surface area contributed by atoms with Crippen LogP contribution in [0.2, 0.25) is 0 Å². The zero-order valence-corrected chi connectivity index (χ0v) is 10.1. The molecule has 0 atom stereocenters. The first kappa shape index (κ1) is 12.5. The number of carbonyl (C=O) groups excluding carboxylic acids is 1. The van der Waals surface area contributed by atoms with E-state index in [2.05, 4.69) is 5.10 Å². The molecule has 0 radical (unpaired) electrons. The van der Waals surface area contributed by atoms with Crippen molar-refractivity contribution in [3.8, 4) is 0 Å². The van der Waals surface area contributed by atoms with Gasteiger partial charge in [0.05, 0.1) is 5.56 Å². The van der Waals surface area contributed by atoms with Gasteiger partial charge in [0.1, 0.15) is 12.6 Å². The summed E-state index contributed by atoms with van der Waals surface area (Å²) in [6.45, 7) is 1.94. The maximum absolute atomic E-state index is 12.0. The van der Waals surface area contributed by atoms with Crippen LogP contribution in [0.1, 0.15) is 29.6 Å². The number of hydrogen-bond acceptors (Lipinski definition) is 3. The highest BCUT2D eigenvalue weighted by molar-refractivity contribution is 5.93. The number of amides is 1. The zero-order valence-electron chi connectivity index (χ0n) is 10.1. The molecule has 0 aromatic carbocycles. The molecule has 1 N–H and O–H groups in total. The Morgan fingerprint density at radius 1 is 1.39 bits per heavy atom. The first-order valence-corrected chi connectivity index (χ1v) is 6.03. The smallest absolute Gasteiger partial charge is 0.309 e. The van der Waals surface area contributed by atoms with Gasteiger partial charge in [-0.15, -0.1) is 0 Å². The van der Waals surface area contributed by atoms with Gasteiger partial charge in [-0.3, -0.25) is 9.59 Å². The van der Waals surface area contributed by atoms with Crippen LogP contribution in [0.25, 0.3) is 0 Å². The highest BCUT2D eigenvalue weighted by atomic mass is 16.4. The maximum atomic E-state index is 12.0. The van der Waals surface area contributed by atoms with E-state index in [-0.39, 0.29) is 12.3 Å². The second kappa shape index (κ2) is 5.57. The molecule has 1 aliphatic rings. The lowest BCUT2D eigenvalue weighted by atomic mass is 10.3. The normalized spacial score (nSPS) is 14.8. The Balaban J connectivity index is 1.98. The molecule has 1 amide bonds. The van der Waals surface area contributed by atoms with Crippen LogP contribution in [0, 0.1) is 0 Å². The molecule has 0 bridgehead atoms. The summed E-state index contributed by atoms with van der Waals surface area (Å²) in [4.78, 5) is 24.2. The van der Waals surface area contributed by atoms with Gasteiger partial charge in [-0.1, -0.05) is 4.68 Å². The molecule has 18 heavy (non-hydrogen) atoms. The van der Waals surface area contributed by atoms with Crippen LogP contribution in [0.15, 0.2) is 18.5 Å². The molecule has 1 aromatic heterocycles. The molecule has 1 aromatic rings. The van der Waals surface area contributed by atoms with Crippen LogP contribution in [-0.4, -0.2) is 40.1 Å². The lowest BCUT2D eigenvalue weighted by Crippen LogP contribution is -2.39. The third-order valence-corrected chi connectivity index (χ3v) is 2.97. The lowest BCUT2D eigenvalue weighted by molar-refractivity contribution is -0.753. The van der Waals surface area contributed by atoms with Gasteiger partial charge in [0, 0.05) is 19.2 Å². The van der Waals surface area contributed by atoms with E-state index < -0.39 is 5.97 Å². The van der Waals surface area contributed by atoms with Gasteiger partial charge in [-0.05, 0) is 17.9 Å². The molecule has 1 saturated heterocycles. The quantitative estimate of drug-likeness (QED) is 0.768. The summed E-state index contributed by atoms with van der Waals surface area (Å²) >= 11 is 0. The number of hydrogen-bond donors (Lipinski definition) is 1. The van der Waals surface area contributed by atoms with Gasteiger partial charge in [0.2, 0.25) is 0 Å². The van der Waals surface area contributed by atoms with Gasteiger partial charge >= 0.3 is 5.97 Å². The van der Waals surface area contributed by atoms with Crippen LogP contribution in [-0.2, 0) is 11.3 Å². The highest BCUT2D eigenvalue weighted by Crippen LogP contribution is 2.11. The Labute approximate surface area is 105 Å². The Morgan fingerprint density at radius 2 is 2.11 bits per heavy atom. The molecule has 1 fully saturated rings. The van der Waals surface area contributed by atoms with E-state index in [9.17, 15) is 9.59 Å². The Hall–Kier alpha value is -1.98. The van der Waals surface area contributed by atoms with Gasteiger partial charge in [-0.25, -0.2) is 0 Å². The van der Waals surface area contributed by atoms with Crippen molar-refractivity contribution in [2.75, 3.05) is 13.1 Å². The summed E-state index contributed by atoms with van der Waals surface area (Å²) in [7, 11) is 0. The number of aliphatic carboxylic acids is 1. The van der Waals surface area contributed by atoms with E-state index >= 15 is 0 Å². The van der Waals surface area contributed by atoms with E-state index in [1.807, 2.05) is 4.90 Å². The fourth-order valence-electron chi connectivity index (χ4n) is 1.96. The second-order valence-corrected chi connectivity index (χ2v) is 4.32. The van der Waals surface area contributed by atoms with Crippen molar-refractivity contribution >= 4 is 11.9 Å². The highest BCUT2D eigenvalue weighted by Gasteiger charge is 2.20. The number of carbonyl (C=O) groups is 2. The Kier molecular flexibility index (Phi) is 3.86. The van der Waals surface area contributed by atoms with E-state index in [4.69, 9.17) is 5.11 Å². The number of aryl methyl sites for hydroxylation is 1. The molecule has 6 heteroatoms. The summed E-state index contributed by atoms with van der Waals surface area (Å²) in [5, 5.41) is 12.6. The van der Waals surface area contributed by atoms with Crippen LogP contribution < -0.4 is 4.68 Å². The summed E-state index contributed by atoms with van der Waals surface area (Å²) in [5.74, 6) is -0.855. The molecule has 0 saturated carbocycles. The van der Waals surface area contributed by atoms with Crippen molar-refractivity contribution < 1.29 is 19.4 Å². The van der Waals surface area contributed by atoms with Crippen LogP contribution in [0.4, 0.5) is 0 Å². The third kappa shape index (κ3) is 3.03. The van der Waals surface area contributed by atoms with Crippen molar-refractivity contribution in [2.45, 2.75) is 25.8 Å². The van der Waals surface area contributed by atoms with E-state index in [0.29, 0.717) is 12.1 Å². The largest absolute Gasteiger partial charge is 0.481 e. The minimum Gasteiger partial charge on any atom is -0.481 e. The first-order chi connectivity index (χ1) is 8.66. The molecule has 0 spiro atoms. The molecule has 2 heterocycles. The van der Waals surface area contributed by atoms with Gasteiger partial charge in [-0.2, -0.15) is 0 Å². The van der Waals surface area contributed by atoms with Gasteiger partial charge in [0.15, 0.2) is 12.7 Å². The predicted molar refractivity (Wildman–Crippen MR) is 61.8 cm³/mol. The Bertz CT molecular complexity index is 438. The number of carboxylic acid groups (broad SMARTS) is 1. The average molecular weight is 250 g/mol. The molecular weight excluding hydrogens is 234 g/mol. The first-order valence-electron chi connectivity index (χ1n) is 6.03. The second-order valence-electron chi connectivity index (χ2n) is 4.32. The third-order valence-electron chi connectivity index (χ3n) is 2.97. The maximum Gasteiger partial charge on any atom is 0.309 e. The van der Waals surface area contributed by atoms with Gasteiger partial charge in [0.25, 0.3) is 5.91 Å². The van der Waals surface area contributed by atoms with E-state index in [1.54, 1.807) is 12.3 Å². The predicted octanol–water partition coefficient (Wildman–Crippen LogP) is 0.0798. The van der Waals surface area contributed by atoms with Crippen molar-refractivity contribution in [1.82, 2.24) is 10.00 Å². The fourth-order valence-corrected chi connectivity index (χ4v) is 1.96. The summed E-state index contributed by atoms with van der Waals surface area (Å²) in [6, 6.07) is 1.69. The monoisotopic (exact) mass is 250 g/mol. The standard InChI is InChI=1S/C12H15N3O3/c16-11(17)4-8-15-7-3-10(9-13-15)12(18)14-5-1-2-6-14/h3,7,9H,1-2,4-6,8H2/p+1. The number of nitrogens with zero attached hydrogens (tertiary/aromatic N) is 3. The molecule has 0 aliphatic carbocycles. The summed E-state index contributed by atoms with van der Waals surface area (Å²) in [6.07, 6.45) is 5.29. The number of aromatic nitrogens is 2. The topological polar surface area (TPSA) is 74.4 Å². The number of rotatable bonds is 4. The van der Waals surface area contributed by atoms with Crippen molar-refractivity contribution in [2.24, 2.45) is 0 Å². The van der Waals surface area contributed by atoms with Gasteiger partial charge < -0.3 is 10.0 Å². The van der Waals surface area contributed by atoms with Crippen molar-refractivity contribution in [1.29, 1.82) is 0 Å². The van der Waals surface area contributed by atoms with Crippen LogP contribution >= 0.6 is 0 Å². The van der Waals surface area contributed by atoms with Crippen molar-refractivity contribution in [3.63, 3.8) is 0 Å². The minimum atomic E-state index is -0.860. The molecular formula is C12H16N3O3+. The zero-order chi connectivity index (χ0) is 13.0. The number of carboxylic acids is 1. The molecule has 2 rings (SSSR count). The van der Waals surface area contributed by atoms with Crippen LogP contribution in [0.5, 0.6) is 0 Å². The number of likely N-dealkylation sites (tertiary alicyclic amines) is 1. The summed E-state index contributed by atoms with van der Waals surface area (Å²) in [5.41, 5.74) is 0.559. The fraction of sp³-hybridized carbons (Fsp3) is 0.500. The van der Waals surface area contributed by atoms with E-state index in [0.717, 1.165) is 25.9 Å². The Morgan fingerprint density at radius 3 is 2.67 bits per heavy atom. The van der Waals surface area contributed by atoms with Crippen molar-refractivity contribution in [3.05, 3.63) is 24.0 Å². The summed E-state index contributed by atoms with van der Waals surface area (Å²) < 4.78 is 1.52. The van der Waals surface area contributed by atoms with E-state index in [1.165, 1.54) is 10.9 Å². The van der Waals surface area contributed by atoms with Crippen LogP contribution in [0.3, 0.4) is 0 Å². The average Bonchev–Trinajstić information content (AvgIpc) is 2.90. The minimum absolute atomic E-state index is 0.00499. The molecule has 0 unspecified atom stereocenters. The molecule has 6 nitrogen and oxygen atoms in total. The lowest BCUT2D eigenvalue weighted by Gasteiger charge is -2.13. The molecule has 96 valence electrons. The SMILES string of the molecule is O=C(O)CC[n+]1ccc(C(=O)N2CCCC2)cn1.